The highest BCUT2D eigenvalue weighted by molar-refractivity contribution is 6.47. The van der Waals surface area contributed by atoms with E-state index in [1.807, 2.05) is 31.2 Å². The lowest BCUT2D eigenvalue weighted by atomic mass is 10.0. The van der Waals surface area contributed by atoms with Gasteiger partial charge in [-0.05, 0) is 43.0 Å². The van der Waals surface area contributed by atoms with Crippen molar-refractivity contribution in [2.24, 2.45) is 5.73 Å². The van der Waals surface area contributed by atoms with Crippen LogP contribution in [0.15, 0.2) is 35.5 Å². The molecule has 6 nitrogen and oxygen atoms in total. The molecule has 0 spiro atoms. The van der Waals surface area contributed by atoms with E-state index in [0.29, 0.717) is 35.5 Å². The molecule has 2 aliphatic rings. The molecule has 2 heterocycles. The minimum atomic E-state index is -0.450. The molecule has 2 saturated heterocycles. The first-order chi connectivity index (χ1) is 11.5. The van der Waals surface area contributed by atoms with Crippen LogP contribution in [0.25, 0.3) is 0 Å². The molecule has 128 valence electrons. The first-order valence-corrected chi connectivity index (χ1v) is 8.34. The molecule has 0 saturated carbocycles. The van der Waals surface area contributed by atoms with E-state index in [9.17, 15) is 4.79 Å². The molecular formula is C18H24N4O2. The van der Waals surface area contributed by atoms with Gasteiger partial charge in [-0.1, -0.05) is 19.1 Å². The van der Waals surface area contributed by atoms with Gasteiger partial charge >= 0.3 is 0 Å². The lowest BCUT2D eigenvalue weighted by molar-refractivity contribution is -0.110. The Morgan fingerprint density at radius 3 is 2.67 bits per heavy atom. The highest BCUT2D eigenvalue weighted by atomic mass is 16.5. The van der Waals surface area contributed by atoms with E-state index in [1.165, 1.54) is 0 Å². The Morgan fingerprint density at radius 1 is 1.42 bits per heavy atom. The van der Waals surface area contributed by atoms with Crippen molar-refractivity contribution in [3.63, 3.8) is 0 Å². The number of carbonyl (C=O) groups excluding carboxylic acids is 1. The van der Waals surface area contributed by atoms with Gasteiger partial charge in [-0.25, -0.2) is 0 Å². The van der Waals surface area contributed by atoms with E-state index in [-0.39, 0.29) is 11.8 Å². The zero-order valence-corrected chi connectivity index (χ0v) is 14.1. The van der Waals surface area contributed by atoms with Crippen LogP contribution >= 0.6 is 0 Å². The van der Waals surface area contributed by atoms with Gasteiger partial charge in [0.2, 0.25) is 0 Å². The average molecular weight is 328 g/mol. The standard InChI is InChI=1S/C18H24N4O2/c1-3-14(19)10(2)16(20)18(23)22-12-6-4-11(5-7-12)17-15-8-13(24-17)9-21-15/h4-7,13,15,17,20-21H,3,8-9,19H2,1-2H3,(H,22,23)/b14-10-,20-16?/t13-,15-,17+/m0/s1. The number of benzene rings is 1. The van der Waals surface area contributed by atoms with E-state index in [4.69, 9.17) is 15.9 Å². The molecule has 2 bridgehead atoms. The molecule has 0 radical (unpaired) electrons. The van der Waals surface area contributed by atoms with Gasteiger partial charge in [0.15, 0.2) is 0 Å². The summed E-state index contributed by atoms with van der Waals surface area (Å²) in [5.74, 6) is -0.450. The summed E-state index contributed by atoms with van der Waals surface area (Å²) in [6.07, 6.45) is 2.08. The number of anilines is 1. The quantitative estimate of drug-likeness (QED) is 0.622. The molecule has 3 atom stereocenters. The van der Waals surface area contributed by atoms with Crippen LogP contribution in [-0.2, 0) is 9.53 Å². The van der Waals surface area contributed by atoms with Gasteiger partial charge in [0.05, 0.1) is 12.2 Å². The number of hydrogen-bond donors (Lipinski definition) is 4. The van der Waals surface area contributed by atoms with E-state index in [0.717, 1.165) is 18.5 Å². The Hall–Kier alpha value is -2.18. The zero-order chi connectivity index (χ0) is 17.3. The van der Waals surface area contributed by atoms with Gasteiger partial charge in [0.1, 0.15) is 5.71 Å². The normalized spacial score (nSPS) is 26.2. The first kappa shape index (κ1) is 16.7. The molecule has 2 aliphatic heterocycles. The number of amides is 1. The third-order valence-corrected chi connectivity index (χ3v) is 4.79. The number of morpholine rings is 1. The summed E-state index contributed by atoms with van der Waals surface area (Å²) in [6.45, 7) is 4.53. The summed E-state index contributed by atoms with van der Waals surface area (Å²) >= 11 is 0. The number of carbonyl (C=O) groups is 1. The maximum Gasteiger partial charge on any atom is 0.273 e. The fourth-order valence-electron chi connectivity index (χ4n) is 3.23. The summed E-state index contributed by atoms with van der Waals surface area (Å²) in [5.41, 5.74) is 8.56. The van der Waals surface area contributed by atoms with Crippen LogP contribution in [-0.4, -0.2) is 30.3 Å². The number of rotatable bonds is 5. The van der Waals surface area contributed by atoms with Crippen molar-refractivity contribution in [2.45, 2.75) is 44.9 Å². The Labute approximate surface area is 142 Å². The Morgan fingerprint density at radius 2 is 2.12 bits per heavy atom. The average Bonchev–Trinajstić information content (AvgIpc) is 3.23. The van der Waals surface area contributed by atoms with Crippen molar-refractivity contribution >= 4 is 17.3 Å². The zero-order valence-electron chi connectivity index (χ0n) is 14.1. The van der Waals surface area contributed by atoms with E-state index >= 15 is 0 Å². The number of hydrogen-bond acceptors (Lipinski definition) is 5. The van der Waals surface area contributed by atoms with Crippen molar-refractivity contribution in [1.29, 1.82) is 5.41 Å². The maximum atomic E-state index is 12.2. The van der Waals surface area contributed by atoms with E-state index in [2.05, 4.69) is 10.6 Å². The Kier molecular flexibility index (Phi) is 4.69. The molecule has 1 aromatic rings. The summed E-state index contributed by atoms with van der Waals surface area (Å²) in [7, 11) is 0. The minimum Gasteiger partial charge on any atom is -0.402 e. The number of ether oxygens (including phenoxy) is 1. The molecule has 2 fully saturated rings. The smallest absolute Gasteiger partial charge is 0.273 e. The van der Waals surface area contributed by atoms with Crippen LogP contribution in [0.2, 0.25) is 0 Å². The minimum absolute atomic E-state index is 0.0846. The van der Waals surface area contributed by atoms with Crippen LogP contribution in [0.1, 0.15) is 38.4 Å². The van der Waals surface area contributed by atoms with Crippen molar-refractivity contribution in [3.8, 4) is 0 Å². The summed E-state index contributed by atoms with van der Waals surface area (Å²) in [6, 6.07) is 8.01. The van der Waals surface area contributed by atoms with Crippen molar-refractivity contribution < 1.29 is 9.53 Å². The topological polar surface area (TPSA) is 100 Å². The van der Waals surface area contributed by atoms with Crippen LogP contribution < -0.4 is 16.4 Å². The molecule has 5 N–H and O–H groups in total. The molecule has 0 aromatic heterocycles. The second-order valence-electron chi connectivity index (χ2n) is 6.38. The molecule has 1 aromatic carbocycles. The molecule has 1 amide bonds. The van der Waals surface area contributed by atoms with Gasteiger partial charge in [-0.2, -0.15) is 0 Å². The van der Waals surface area contributed by atoms with Crippen LogP contribution in [0.4, 0.5) is 5.69 Å². The number of nitrogens with two attached hydrogens (primary N) is 1. The molecule has 3 rings (SSSR count). The Balaban J connectivity index is 1.64. The second-order valence-corrected chi connectivity index (χ2v) is 6.38. The summed E-state index contributed by atoms with van der Waals surface area (Å²) in [4.78, 5) is 12.2. The van der Waals surface area contributed by atoms with Crippen LogP contribution in [0.5, 0.6) is 0 Å². The van der Waals surface area contributed by atoms with Gasteiger partial charge in [0.25, 0.3) is 5.91 Å². The molecule has 6 heteroatoms. The number of allylic oxidation sites excluding steroid dienone is 1. The SMILES string of the molecule is CC/C(N)=C(\C)C(=N)C(=O)Nc1ccc([C@H]2O[C@@H]3CN[C@H]2C3)cc1. The predicted molar refractivity (Wildman–Crippen MR) is 94.0 cm³/mol. The largest absolute Gasteiger partial charge is 0.402 e. The van der Waals surface area contributed by atoms with Crippen molar-refractivity contribution in [2.75, 3.05) is 11.9 Å². The first-order valence-electron chi connectivity index (χ1n) is 8.34. The fraction of sp³-hybridized carbons (Fsp3) is 0.444. The molecule has 0 unspecified atom stereocenters. The Bertz CT molecular complexity index is 681. The van der Waals surface area contributed by atoms with Gasteiger partial charge in [-0.3, -0.25) is 10.2 Å². The monoisotopic (exact) mass is 328 g/mol. The van der Waals surface area contributed by atoms with E-state index < -0.39 is 5.91 Å². The second kappa shape index (κ2) is 6.75. The van der Waals surface area contributed by atoms with Crippen molar-refractivity contribution in [1.82, 2.24) is 5.32 Å². The van der Waals surface area contributed by atoms with Gasteiger partial charge in [-0.15, -0.1) is 0 Å². The maximum absolute atomic E-state index is 12.2. The van der Waals surface area contributed by atoms with Gasteiger partial charge in [0, 0.05) is 24.0 Å². The highest BCUT2D eigenvalue weighted by Crippen LogP contribution is 2.37. The third kappa shape index (κ3) is 3.20. The van der Waals surface area contributed by atoms with Crippen LogP contribution in [0.3, 0.4) is 0 Å². The van der Waals surface area contributed by atoms with E-state index in [1.54, 1.807) is 6.92 Å². The van der Waals surface area contributed by atoms with Crippen molar-refractivity contribution in [3.05, 3.63) is 41.1 Å². The summed E-state index contributed by atoms with van der Waals surface area (Å²) in [5, 5.41) is 14.1. The lowest BCUT2D eigenvalue weighted by Crippen LogP contribution is -2.34. The number of nitrogens with one attached hydrogen (secondary N) is 3. The summed E-state index contributed by atoms with van der Waals surface area (Å²) < 4.78 is 5.97. The highest BCUT2D eigenvalue weighted by Gasteiger charge is 2.41. The van der Waals surface area contributed by atoms with Gasteiger partial charge < -0.3 is 21.1 Å². The lowest BCUT2D eigenvalue weighted by Gasteiger charge is -2.23. The molecule has 24 heavy (non-hydrogen) atoms. The third-order valence-electron chi connectivity index (χ3n) is 4.79. The van der Waals surface area contributed by atoms with Crippen LogP contribution in [0, 0.1) is 5.41 Å². The molecule has 0 aliphatic carbocycles. The molecular weight excluding hydrogens is 304 g/mol. The number of fused-ring (bicyclic) bond motifs is 2. The predicted octanol–water partition coefficient (Wildman–Crippen LogP) is 2.09. The fourth-order valence-corrected chi connectivity index (χ4v) is 3.23.